The minimum atomic E-state index is -3.30. The average molecular weight is 297 g/mol. The summed E-state index contributed by atoms with van der Waals surface area (Å²) in [4.78, 5) is 0.169. The van der Waals surface area contributed by atoms with Gasteiger partial charge in [-0.3, -0.25) is 0 Å². The number of benzene rings is 2. The molecule has 0 fully saturated rings. The molecule has 1 N–H and O–H groups in total. The van der Waals surface area contributed by atoms with Crippen LogP contribution in [0, 0.1) is 11.6 Å². The number of hydrogen-bond donors (Lipinski definition) is 1. The molecule has 0 spiro atoms. The van der Waals surface area contributed by atoms with Crippen molar-refractivity contribution in [2.24, 2.45) is 0 Å². The lowest BCUT2D eigenvalue weighted by Gasteiger charge is -2.09. The first-order valence-electron chi connectivity index (χ1n) is 5.85. The van der Waals surface area contributed by atoms with Gasteiger partial charge in [-0.05, 0) is 24.3 Å². The van der Waals surface area contributed by atoms with Gasteiger partial charge in [0.05, 0.1) is 4.90 Å². The van der Waals surface area contributed by atoms with E-state index < -0.39 is 21.5 Å². The van der Waals surface area contributed by atoms with Crippen LogP contribution in [0.25, 0.3) is 0 Å². The van der Waals surface area contributed by atoms with Gasteiger partial charge in [-0.15, -0.1) is 0 Å². The first-order chi connectivity index (χ1) is 9.38. The van der Waals surface area contributed by atoms with Crippen LogP contribution in [0.5, 0.6) is 0 Å². The molecule has 0 atom stereocenters. The van der Waals surface area contributed by atoms with Gasteiger partial charge in [0.1, 0.15) is 0 Å². The van der Waals surface area contributed by atoms with E-state index in [1.54, 1.807) is 12.1 Å². The molecule has 106 valence electrons. The lowest BCUT2D eigenvalue weighted by molar-refractivity contribution is 0.500. The highest BCUT2D eigenvalue weighted by molar-refractivity contribution is 7.90. The van der Waals surface area contributed by atoms with E-state index in [0.29, 0.717) is 5.69 Å². The Labute approximate surface area is 116 Å². The summed E-state index contributed by atoms with van der Waals surface area (Å²) >= 11 is 0. The van der Waals surface area contributed by atoms with Crippen molar-refractivity contribution in [1.82, 2.24) is 0 Å². The molecule has 0 heterocycles. The maximum absolute atomic E-state index is 13.5. The standard InChI is InChI=1S/C14H13F2NO2S/c1-20(18,19)12-6-3-5-11(8-12)17-9-10-4-2-7-13(15)14(10)16/h2-8,17H,9H2,1H3. The van der Waals surface area contributed by atoms with Gasteiger partial charge in [0, 0.05) is 24.1 Å². The van der Waals surface area contributed by atoms with Gasteiger partial charge >= 0.3 is 0 Å². The zero-order valence-corrected chi connectivity index (χ0v) is 11.5. The molecular formula is C14H13F2NO2S. The minimum absolute atomic E-state index is 0.0663. The van der Waals surface area contributed by atoms with Crippen LogP contribution >= 0.6 is 0 Å². The molecule has 0 saturated heterocycles. The second-order valence-electron chi connectivity index (χ2n) is 4.37. The lowest BCUT2D eigenvalue weighted by atomic mass is 10.2. The maximum Gasteiger partial charge on any atom is 0.175 e. The molecule has 2 aromatic carbocycles. The predicted octanol–water partition coefficient (Wildman–Crippen LogP) is 2.98. The van der Waals surface area contributed by atoms with E-state index in [4.69, 9.17) is 0 Å². The Morgan fingerprint density at radius 1 is 1.10 bits per heavy atom. The van der Waals surface area contributed by atoms with E-state index in [2.05, 4.69) is 5.32 Å². The third kappa shape index (κ3) is 3.33. The molecule has 3 nitrogen and oxygen atoms in total. The maximum atomic E-state index is 13.5. The smallest absolute Gasteiger partial charge is 0.175 e. The Hall–Kier alpha value is -1.95. The van der Waals surface area contributed by atoms with Crippen LogP contribution in [-0.4, -0.2) is 14.7 Å². The summed E-state index contributed by atoms with van der Waals surface area (Å²) in [5, 5.41) is 2.87. The molecule has 0 aliphatic rings. The van der Waals surface area contributed by atoms with Gasteiger partial charge in [-0.2, -0.15) is 0 Å². The number of nitrogens with one attached hydrogen (secondary N) is 1. The molecule has 0 aromatic heterocycles. The Balaban J connectivity index is 2.18. The van der Waals surface area contributed by atoms with Gasteiger partial charge in [0.15, 0.2) is 21.5 Å². The fraction of sp³-hybridized carbons (Fsp3) is 0.143. The van der Waals surface area contributed by atoms with Crippen molar-refractivity contribution in [3.8, 4) is 0 Å². The van der Waals surface area contributed by atoms with Gasteiger partial charge in [-0.1, -0.05) is 18.2 Å². The fourth-order valence-corrected chi connectivity index (χ4v) is 2.39. The summed E-state index contributed by atoms with van der Waals surface area (Å²) in [6.07, 6.45) is 1.11. The highest BCUT2D eigenvalue weighted by Crippen LogP contribution is 2.17. The fourth-order valence-electron chi connectivity index (χ4n) is 1.72. The van der Waals surface area contributed by atoms with Crippen molar-refractivity contribution in [2.75, 3.05) is 11.6 Å². The normalized spacial score (nSPS) is 11.3. The highest BCUT2D eigenvalue weighted by atomic mass is 32.2. The topological polar surface area (TPSA) is 46.2 Å². The first kappa shape index (κ1) is 14.5. The summed E-state index contributed by atoms with van der Waals surface area (Å²) in [5.41, 5.74) is 0.700. The van der Waals surface area contributed by atoms with E-state index in [1.165, 1.54) is 24.3 Å². The second-order valence-corrected chi connectivity index (χ2v) is 6.38. The van der Waals surface area contributed by atoms with Crippen LogP contribution < -0.4 is 5.32 Å². The molecule has 0 saturated carbocycles. The van der Waals surface area contributed by atoms with E-state index in [0.717, 1.165) is 12.3 Å². The molecule has 20 heavy (non-hydrogen) atoms. The van der Waals surface area contributed by atoms with Crippen LogP contribution in [0.4, 0.5) is 14.5 Å². The Kier molecular flexibility index (Phi) is 4.04. The number of sulfone groups is 1. The van der Waals surface area contributed by atoms with Gasteiger partial charge in [0.25, 0.3) is 0 Å². The van der Waals surface area contributed by atoms with E-state index in [-0.39, 0.29) is 17.0 Å². The number of hydrogen-bond acceptors (Lipinski definition) is 3. The zero-order valence-electron chi connectivity index (χ0n) is 10.7. The van der Waals surface area contributed by atoms with Crippen LogP contribution in [0.3, 0.4) is 0 Å². The average Bonchev–Trinajstić information content (AvgIpc) is 2.40. The van der Waals surface area contributed by atoms with Crippen molar-refractivity contribution >= 4 is 15.5 Å². The predicted molar refractivity (Wildman–Crippen MR) is 73.2 cm³/mol. The molecule has 2 aromatic rings. The summed E-state index contributed by atoms with van der Waals surface area (Å²) in [7, 11) is -3.30. The molecule has 6 heteroatoms. The molecule has 0 amide bonds. The Morgan fingerprint density at radius 3 is 2.50 bits per heavy atom. The molecule has 0 aliphatic carbocycles. The lowest BCUT2D eigenvalue weighted by Crippen LogP contribution is -2.04. The summed E-state index contributed by atoms with van der Waals surface area (Å²) in [6, 6.07) is 10.1. The molecule has 0 aliphatic heterocycles. The third-order valence-corrected chi connectivity index (χ3v) is 3.89. The Bertz CT molecular complexity index is 730. The molecule has 2 rings (SSSR count). The zero-order chi connectivity index (χ0) is 14.8. The monoisotopic (exact) mass is 297 g/mol. The number of halogens is 2. The quantitative estimate of drug-likeness (QED) is 0.943. The largest absolute Gasteiger partial charge is 0.381 e. The van der Waals surface area contributed by atoms with Crippen molar-refractivity contribution in [3.05, 3.63) is 59.7 Å². The molecular weight excluding hydrogens is 284 g/mol. The first-order valence-corrected chi connectivity index (χ1v) is 7.74. The van der Waals surface area contributed by atoms with Gasteiger partial charge < -0.3 is 5.32 Å². The van der Waals surface area contributed by atoms with Crippen molar-refractivity contribution in [3.63, 3.8) is 0 Å². The minimum Gasteiger partial charge on any atom is -0.381 e. The summed E-state index contributed by atoms with van der Waals surface area (Å²) in [5.74, 6) is -1.81. The van der Waals surface area contributed by atoms with E-state index in [1.807, 2.05) is 0 Å². The van der Waals surface area contributed by atoms with Crippen molar-refractivity contribution < 1.29 is 17.2 Å². The SMILES string of the molecule is CS(=O)(=O)c1cccc(NCc2cccc(F)c2F)c1. The van der Waals surface area contributed by atoms with E-state index >= 15 is 0 Å². The van der Waals surface area contributed by atoms with Crippen LogP contribution in [0.1, 0.15) is 5.56 Å². The van der Waals surface area contributed by atoms with Crippen LogP contribution in [0.15, 0.2) is 47.4 Å². The molecule has 0 bridgehead atoms. The highest BCUT2D eigenvalue weighted by Gasteiger charge is 2.09. The number of anilines is 1. The summed E-state index contributed by atoms with van der Waals surface area (Å²) in [6.45, 7) is 0.0663. The molecule has 0 unspecified atom stereocenters. The van der Waals surface area contributed by atoms with Crippen molar-refractivity contribution in [1.29, 1.82) is 0 Å². The van der Waals surface area contributed by atoms with Crippen LogP contribution in [-0.2, 0) is 16.4 Å². The van der Waals surface area contributed by atoms with Crippen LogP contribution in [0.2, 0.25) is 0 Å². The second kappa shape index (κ2) is 5.58. The van der Waals surface area contributed by atoms with Gasteiger partial charge in [0.2, 0.25) is 0 Å². The third-order valence-electron chi connectivity index (χ3n) is 2.78. The Morgan fingerprint density at radius 2 is 1.80 bits per heavy atom. The van der Waals surface area contributed by atoms with E-state index in [9.17, 15) is 17.2 Å². The molecule has 0 radical (unpaired) electrons. The van der Waals surface area contributed by atoms with Crippen molar-refractivity contribution in [2.45, 2.75) is 11.4 Å². The van der Waals surface area contributed by atoms with Gasteiger partial charge in [-0.25, -0.2) is 17.2 Å². The summed E-state index contributed by atoms with van der Waals surface area (Å²) < 4.78 is 49.3. The number of rotatable bonds is 4.